The number of nitrogens with zero attached hydrogens (tertiary/aromatic N) is 2. The first kappa shape index (κ1) is 8.07. The van der Waals surface area contributed by atoms with Gasteiger partial charge in [0.1, 0.15) is 5.65 Å². The summed E-state index contributed by atoms with van der Waals surface area (Å²) in [6, 6.07) is 1.69. The first-order valence-electron chi connectivity index (χ1n) is 3.62. The maximum atomic E-state index is 8.38. The van der Waals surface area contributed by atoms with Crippen molar-refractivity contribution in [3.05, 3.63) is 29.0 Å². The Labute approximate surface area is 78.9 Å². The monoisotopic (exact) mass is 195 g/mol. The van der Waals surface area contributed by atoms with Gasteiger partial charge in [-0.15, -0.1) is 0 Å². The Morgan fingerprint density at radius 3 is 3.23 bits per heavy atom. The van der Waals surface area contributed by atoms with E-state index < -0.39 is 0 Å². The van der Waals surface area contributed by atoms with Crippen molar-refractivity contribution >= 4 is 28.8 Å². The van der Waals surface area contributed by atoms with E-state index in [0.29, 0.717) is 10.7 Å². The van der Waals surface area contributed by atoms with Crippen LogP contribution in [0.25, 0.3) is 11.0 Å². The summed E-state index contributed by atoms with van der Waals surface area (Å²) in [4.78, 5) is 6.98. The molecule has 0 atom stereocenters. The highest BCUT2D eigenvalue weighted by Gasteiger charge is 2.05. The van der Waals surface area contributed by atoms with E-state index in [1.165, 1.54) is 6.21 Å². The van der Waals surface area contributed by atoms with E-state index in [1.54, 1.807) is 18.5 Å². The average Bonchev–Trinajstić information content (AvgIpc) is 2.51. The van der Waals surface area contributed by atoms with Crippen molar-refractivity contribution in [2.24, 2.45) is 5.16 Å². The fourth-order valence-electron chi connectivity index (χ4n) is 1.20. The van der Waals surface area contributed by atoms with Crippen molar-refractivity contribution < 1.29 is 5.21 Å². The van der Waals surface area contributed by atoms with E-state index in [2.05, 4.69) is 15.1 Å². The number of H-pyrrole nitrogens is 1. The van der Waals surface area contributed by atoms with Gasteiger partial charge in [-0.3, -0.25) is 0 Å². The normalized spacial score (nSPS) is 11.5. The van der Waals surface area contributed by atoms with Gasteiger partial charge in [0.15, 0.2) is 0 Å². The van der Waals surface area contributed by atoms with Crippen molar-refractivity contribution in [2.75, 3.05) is 0 Å². The largest absolute Gasteiger partial charge is 0.411 e. The van der Waals surface area contributed by atoms with Crippen LogP contribution in [0.15, 0.2) is 23.6 Å². The number of halogens is 1. The highest BCUT2D eigenvalue weighted by Crippen LogP contribution is 2.23. The Morgan fingerprint density at radius 2 is 2.46 bits per heavy atom. The molecular weight excluding hydrogens is 190 g/mol. The van der Waals surface area contributed by atoms with Gasteiger partial charge in [0.2, 0.25) is 0 Å². The summed E-state index contributed by atoms with van der Waals surface area (Å²) in [6.07, 6.45) is 4.61. The second-order valence-electron chi connectivity index (χ2n) is 2.50. The van der Waals surface area contributed by atoms with Crippen LogP contribution in [-0.4, -0.2) is 21.4 Å². The smallest absolute Gasteiger partial charge is 0.139 e. The summed E-state index contributed by atoms with van der Waals surface area (Å²) in [7, 11) is 0. The minimum atomic E-state index is 0.584. The average molecular weight is 196 g/mol. The lowest BCUT2D eigenvalue weighted by Gasteiger charge is -1.92. The van der Waals surface area contributed by atoms with Gasteiger partial charge in [0.05, 0.1) is 11.2 Å². The first-order valence-corrected chi connectivity index (χ1v) is 3.99. The van der Waals surface area contributed by atoms with E-state index in [0.717, 1.165) is 10.9 Å². The van der Waals surface area contributed by atoms with Crippen LogP contribution in [0.1, 0.15) is 5.56 Å². The molecule has 0 spiro atoms. The topological polar surface area (TPSA) is 61.3 Å². The van der Waals surface area contributed by atoms with E-state index in [4.69, 9.17) is 16.8 Å². The van der Waals surface area contributed by atoms with E-state index in [-0.39, 0.29) is 0 Å². The molecule has 0 bridgehead atoms. The van der Waals surface area contributed by atoms with Crippen molar-refractivity contribution in [1.29, 1.82) is 0 Å². The summed E-state index contributed by atoms with van der Waals surface area (Å²) < 4.78 is 0. The van der Waals surface area contributed by atoms with Crippen LogP contribution in [0, 0.1) is 0 Å². The summed E-state index contributed by atoms with van der Waals surface area (Å²) in [6.45, 7) is 0. The fourth-order valence-corrected chi connectivity index (χ4v) is 1.46. The third kappa shape index (κ3) is 1.25. The minimum absolute atomic E-state index is 0.584. The summed E-state index contributed by atoms with van der Waals surface area (Å²) >= 11 is 5.94. The minimum Gasteiger partial charge on any atom is -0.411 e. The van der Waals surface area contributed by atoms with Crippen LogP contribution in [0.2, 0.25) is 5.02 Å². The lowest BCUT2D eigenvalue weighted by atomic mass is 10.2. The van der Waals surface area contributed by atoms with Crippen LogP contribution in [-0.2, 0) is 0 Å². The van der Waals surface area contributed by atoms with Crippen molar-refractivity contribution in [3.8, 4) is 0 Å². The Morgan fingerprint density at radius 1 is 1.62 bits per heavy atom. The third-order valence-corrected chi connectivity index (χ3v) is 2.06. The molecule has 2 aromatic heterocycles. The molecule has 2 aromatic rings. The second kappa shape index (κ2) is 3.06. The van der Waals surface area contributed by atoms with E-state index >= 15 is 0 Å². The Hall–Kier alpha value is -1.55. The van der Waals surface area contributed by atoms with Crippen molar-refractivity contribution in [2.45, 2.75) is 0 Å². The van der Waals surface area contributed by atoms with Crippen LogP contribution in [0.5, 0.6) is 0 Å². The number of fused-ring (bicyclic) bond motifs is 1. The molecule has 4 nitrogen and oxygen atoms in total. The van der Waals surface area contributed by atoms with Crippen LogP contribution < -0.4 is 0 Å². The number of hydrogen-bond acceptors (Lipinski definition) is 3. The molecule has 2 heterocycles. The molecule has 0 aliphatic rings. The molecule has 0 radical (unpaired) electrons. The molecule has 0 aliphatic heterocycles. The van der Waals surface area contributed by atoms with Gasteiger partial charge in [-0.25, -0.2) is 4.98 Å². The van der Waals surface area contributed by atoms with Gasteiger partial charge in [-0.05, 0) is 6.07 Å². The standard InChI is InChI=1S/C8H6ClN3O/c9-6-1-2-10-8-7(6)5(3-11-8)4-12-13/h1-4,13H,(H,10,11)/b12-4+. The van der Waals surface area contributed by atoms with Crippen LogP contribution >= 0.6 is 11.6 Å². The number of nitrogens with one attached hydrogen (secondary N) is 1. The number of aromatic amines is 1. The first-order chi connectivity index (χ1) is 6.33. The van der Waals surface area contributed by atoms with Gasteiger partial charge < -0.3 is 10.2 Å². The molecule has 0 saturated carbocycles. The van der Waals surface area contributed by atoms with Crippen molar-refractivity contribution in [3.63, 3.8) is 0 Å². The highest BCUT2D eigenvalue weighted by molar-refractivity contribution is 6.36. The predicted molar refractivity (Wildman–Crippen MR) is 50.5 cm³/mol. The Bertz CT molecular complexity index is 463. The third-order valence-electron chi connectivity index (χ3n) is 1.75. The van der Waals surface area contributed by atoms with Gasteiger partial charge in [0, 0.05) is 23.3 Å². The van der Waals surface area contributed by atoms with Crippen molar-refractivity contribution in [1.82, 2.24) is 9.97 Å². The zero-order valence-electron chi connectivity index (χ0n) is 6.53. The zero-order chi connectivity index (χ0) is 9.26. The van der Waals surface area contributed by atoms with Crippen LogP contribution in [0.3, 0.4) is 0 Å². The van der Waals surface area contributed by atoms with E-state index in [1.807, 2.05) is 0 Å². The lowest BCUT2D eigenvalue weighted by Crippen LogP contribution is -1.79. The number of aromatic nitrogens is 2. The molecule has 2 rings (SSSR count). The molecule has 0 amide bonds. The Balaban J connectivity index is 2.78. The number of hydrogen-bond donors (Lipinski definition) is 2. The molecule has 0 unspecified atom stereocenters. The molecule has 66 valence electrons. The van der Waals surface area contributed by atoms with Gasteiger partial charge in [0.25, 0.3) is 0 Å². The van der Waals surface area contributed by atoms with E-state index in [9.17, 15) is 0 Å². The number of oxime groups is 1. The maximum absolute atomic E-state index is 8.38. The second-order valence-corrected chi connectivity index (χ2v) is 2.91. The quantitative estimate of drug-likeness (QED) is 0.416. The van der Waals surface area contributed by atoms with Crippen LogP contribution in [0.4, 0.5) is 0 Å². The predicted octanol–water partition coefficient (Wildman–Crippen LogP) is 2.02. The zero-order valence-corrected chi connectivity index (χ0v) is 7.28. The molecule has 0 saturated heterocycles. The summed E-state index contributed by atoms with van der Waals surface area (Å²) in [5.74, 6) is 0. The lowest BCUT2D eigenvalue weighted by molar-refractivity contribution is 0.322. The molecule has 0 aliphatic carbocycles. The molecule has 2 N–H and O–H groups in total. The highest BCUT2D eigenvalue weighted by atomic mass is 35.5. The molecular formula is C8H6ClN3O. The fraction of sp³-hybridized carbons (Fsp3) is 0. The molecule has 13 heavy (non-hydrogen) atoms. The van der Waals surface area contributed by atoms with Gasteiger partial charge in [-0.1, -0.05) is 16.8 Å². The van der Waals surface area contributed by atoms with Gasteiger partial charge in [-0.2, -0.15) is 0 Å². The summed E-state index contributed by atoms with van der Waals surface area (Å²) in [5, 5.41) is 12.7. The SMILES string of the molecule is O/N=C/c1c[nH]c2nccc(Cl)c12. The molecule has 0 aromatic carbocycles. The number of pyridine rings is 1. The molecule has 5 heteroatoms. The number of rotatable bonds is 1. The van der Waals surface area contributed by atoms with Gasteiger partial charge >= 0.3 is 0 Å². The molecule has 0 fully saturated rings. The maximum Gasteiger partial charge on any atom is 0.139 e. The Kier molecular flexibility index (Phi) is 1.90. The summed E-state index contributed by atoms with van der Waals surface area (Å²) in [5.41, 5.74) is 1.40.